The second kappa shape index (κ2) is 5.38. The van der Waals surface area contributed by atoms with Gasteiger partial charge in [0.2, 0.25) is 0 Å². The number of carbonyl (C=O) groups excluding carboxylic acids is 1. The van der Waals surface area contributed by atoms with Crippen LogP contribution in [0.1, 0.15) is 28.4 Å². The van der Waals surface area contributed by atoms with E-state index in [9.17, 15) is 4.79 Å². The Bertz CT molecular complexity index is 635. The highest BCUT2D eigenvalue weighted by Gasteiger charge is 2.25. The molecule has 1 amide bonds. The van der Waals surface area contributed by atoms with Gasteiger partial charge < -0.3 is 10.2 Å². The fraction of sp³-hybridized carbons (Fsp3) is 0.312. The molecular weight excluding hydrogens is 268 g/mol. The highest BCUT2D eigenvalue weighted by Crippen LogP contribution is 2.26. The summed E-state index contributed by atoms with van der Waals surface area (Å²) in [6.45, 7) is 5.62. The average molecular weight is 286 g/mol. The van der Waals surface area contributed by atoms with Gasteiger partial charge in [-0.3, -0.25) is 4.79 Å². The van der Waals surface area contributed by atoms with Gasteiger partial charge >= 0.3 is 0 Å². The maximum atomic E-state index is 12.8. The van der Waals surface area contributed by atoms with Crippen molar-refractivity contribution in [3.63, 3.8) is 0 Å². The van der Waals surface area contributed by atoms with Gasteiger partial charge in [-0.2, -0.15) is 11.3 Å². The van der Waals surface area contributed by atoms with Crippen LogP contribution in [0.5, 0.6) is 0 Å². The molecule has 1 N–H and O–H groups in total. The van der Waals surface area contributed by atoms with Crippen LogP contribution in [0.3, 0.4) is 0 Å². The zero-order chi connectivity index (χ0) is 14.1. The van der Waals surface area contributed by atoms with E-state index in [4.69, 9.17) is 0 Å². The zero-order valence-electron chi connectivity index (χ0n) is 11.7. The molecular formula is C16H18N2OS. The van der Waals surface area contributed by atoms with Crippen LogP contribution in [0.15, 0.2) is 35.0 Å². The lowest BCUT2D eigenvalue weighted by Gasteiger charge is -2.24. The number of nitrogens with zero attached hydrogens (tertiary/aromatic N) is 1. The minimum atomic E-state index is 0.103. The van der Waals surface area contributed by atoms with E-state index in [1.165, 1.54) is 5.56 Å². The Morgan fingerprint density at radius 2 is 2.15 bits per heavy atom. The molecule has 3 nitrogen and oxygen atoms in total. The highest BCUT2D eigenvalue weighted by atomic mass is 32.1. The number of hydrogen-bond acceptors (Lipinski definition) is 3. The van der Waals surface area contributed by atoms with E-state index in [-0.39, 0.29) is 11.9 Å². The standard InChI is InChI=1S/C16H18N2OS/c1-11-9-20-10-14(11)16(19)18-8-12(2)17-7-13-5-3-4-6-15(13)18/h3-6,9-10,12,17H,7-8H2,1-2H3. The molecule has 0 aliphatic carbocycles. The fourth-order valence-corrected chi connectivity index (χ4v) is 3.38. The maximum absolute atomic E-state index is 12.8. The van der Waals surface area contributed by atoms with E-state index < -0.39 is 0 Å². The van der Waals surface area contributed by atoms with Crippen LogP contribution in [0, 0.1) is 6.92 Å². The number of fused-ring (bicyclic) bond motifs is 1. The summed E-state index contributed by atoms with van der Waals surface area (Å²) in [7, 11) is 0. The van der Waals surface area contributed by atoms with Gasteiger partial charge in [-0.05, 0) is 36.4 Å². The van der Waals surface area contributed by atoms with E-state index in [2.05, 4.69) is 18.3 Å². The Kier molecular flexibility index (Phi) is 3.59. The van der Waals surface area contributed by atoms with Crippen molar-refractivity contribution >= 4 is 22.9 Å². The minimum absolute atomic E-state index is 0.103. The van der Waals surface area contributed by atoms with Gasteiger partial charge in [-0.15, -0.1) is 0 Å². The fourth-order valence-electron chi connectivity index (χ4n) is 2.56. The van der Waals surface area contributed by atoms with Gasteiger partial charge in [0.1, 0.15) is 0 Å². The molecule has 2 aromatic rings. The summed E-state index contributed by atoms with van der Waals surface area (Å²) in [6.07, 6.45) is 0. The quantitative estimate of drug-likeness (QED) is 0.873. The average Bonchev–Trinajstić information content (AvgIpc) is 2.80. The lowest BCUT2D eigenvalue weighted by atomic mass is 10.1. The normalized spacial score (nSPS) is 18.5. The highest BCUT2D eigenvalue weighted by molar-refractivity contribution is 7.08. The zero-order valence-corrected chi connectivity index (χ0v) is 12.5. The molecule has 1 aliphatic heterocycles. The Balaban J connectivity index is 2.03. The molecule has 0 fully saturated rings. The van der Waals surface area contributed by atoms with Crippen molar-refractivity contribution in [2.45, 2.75) is 26.4 Å². The number of nitrogens with one attached hydrogen (secondary N) is 1. The molecule has 104 valence electrons. The Morgan fingerprint density at radius 3 is 2.90 bits per heavy atom. The summed E-state index contributed by atoms with van der Waals surface area (Å²) >= 11 is 1.58. The number of amides is 1. The SMILES string of the molecule is Cc1cscc1C(=O)N1CC(C)NCc2ccccc21. The van der Waals surface area contributed by atoms with E-state index >= 15 is 0 Å². The molecule has 0 bridgehead atoms. The van der Waals surface area contributed by atoms with Crippen LogP contribution in [0.25, 0.3) is 0 Å². The van der Waals surface area contributed by atoms with Crippen molar-refractivity contribution < 1.29 is 4.79 Å². The first-order valence-electron chi connectivity index (χ1n) is 6.83. The molecule has 1 aromatic carbocycles. The summed E-state index contributed by atoms with van der Waals surface area (Å²) < 4.78 is 0. The molecule has 2 heterocycles. The third-order valence-corrected chi connectivity index (χ3v) is 4.57. The van der Waals surface area contributed by atoms with Crippen LogP contribution in [0.4, 0.5) is 5.69 Å². The maximum Gasteiger partial charge on any atom is 0.259 e. The van der Waals surface area contributed by atoms with Crippen LogP contribution in [-0.2, 0) is 6.54 Å². The van der Waals surface area contributed by atoms with Crippen LogP contribution < -0.4 is 10.2 Å². The summed E-state index contributed by atoms with van der Waals surface area (Å²) in [5.74, 6) is 0.103. The monoisotopic (exact) mass is 286 g/mol. The van der Waals surface area contributed by atoms with Crippen molar-refractivity contribution in [1.29, 1.82) is 0 Å². The number of para-hydroxylation sites is 1. The summed E-state index contributed by atoms with van der Waals surface area (Å²) in [6, 6.07) is 8.42. The van der Waals surface area contributed by atoms with Crippen LogP contribution in [0.2, 0.25) is 0 Å². The topological polar surface area (TPSA) is 32.3 Å². The molecule has 0 radical (unpaired) electrons. The van der Waals surface area contributed by atoms with Gasteiger partial charge in [-0.1, -0.05) is 18.2 Å². The molecule has 1 unspecified atom stereocenters. The van der Waals surface area contributed by atoms with Gasteiger partial charge in [0.25, 0.3) is 5.91 Å². The lowest BCUT2D eigenvalue weighted by molar-refractivity contribution is 0.0985. The van der Waals surface area contributed by atoms with Crippen molar-refractivity contribution in [2.24, 2.45) is 0 Å². The third-order valence-electron chi connectivity index (χ3n) is 3.71. The molecule has 1 aliphatic rings. The van der Waals surface area contributed by atoms with Crippen LogP contribution >= 0.6 is 11.3 Å². The van der Waals surface area contributed by atoms with Crippen molar-refractivity contribution in [1.82, 2.24) is 5.32 Å². The van der Waals surface area contributed by atoms with Gasteiger partial charge in [-0.25, -0.2) is 0 Å². The molecule has 0 saturated heterocycles. The predicted octanol–water partition coefficient (Wildman–Crippen LogP) is 3.20. The minimum Gasteiger partial charge on any atom is -0.308 e. The molecule has 1 atom stereocenters. The molecule has 20 heavy (non-hydrogen) atoms. The Morgan fingerprint density at radius 1 is 1.35 bits per heavy atom. The number of hydrogen-bond donors (Lipinski definition) is 1. The number of thiophene rings is 1. The first-order chi connectivity index (χ1) is 9.66. The first kappa shape index (κ1) is 13.3. The Labute approximate surface area is 123 Å². The molecule has 3 rings (SSSR count). The van der Waals surface area contributed by atoms with Crippen molar-refractivity contribution in [2.75, 3.05) is 11.4 Å². The second-order valence-corrected chi connectivity index (χ2v) is 6.04. The summed E-state index contributed by atoms with van der Waals surface area (Å²) in [4.78, 5) is 14.8. The van der Waals surface area contributed by atoms with E-state index in [0.29, 0.717) is 6.54 Å². The van der Waals surface area contributed by atoms with Crippen molar-refractivity contribution in [3.8, 4) is 0 Å². The first-order valence-corrected chi connectivity index (χ1v) is 7.77. The summed E-state index contributed by atoms with van der Waals surface area (Å²) in [5, 5.41) is 7.43. The van der Waals surface area contributed by atoms with Crippen molar-refractivity contribution in [3.05, 3.63) is 51.7 Å². The molecule has 0 spiro atoms. The third kappa shape index (κ3) is 2.37. The Hall–Kier alpha value is -1.65. The number of benzene rings is 1. The molecule has 0 saturated carbocycles. The van der Waals surface area contributed by atoms with E-state index in [0.717, 1.165) is 23.4 Å². The number of rotatable bonds is 1. The predicted molar refractivity (Wildman–Crippen MR) is 83.5 cm³/mol. The number of aryl methyl sites for hydroxylation is 1. The largest absolute Gasteiger partial charge is 0.308 e. The number of carbonyl (C=O) groups is 1. The number of anilines is 1. The summed E-state index contributed by atoms with van der Waals surface area (Å²) in [5.41, 5.74) is 4.08. The van der Waals surface area contributed by atoms with Crippen LogP contribution in [-0.4, -0.2) is 18.5 Å². The lowest BCUT2D eigenvalue weighted by Crippen LogP contribution is -2.39. The van der Waals surface area contributed by atoms with Gasteiger partial charge in [0.15, 0.2) is 0 Å². The van der Waals surface area contributed by atoms with E-state index in [1.807, 2.05) is 40.8 Å². The van der Waals surface area contributed by atoms with Gasteiger partial charge in [0.05, 0.1) is 5.56 Å². The van der Waals surface area contributed by atoms with E-state index in [1.54, 1.807) is 11.3 Å². The molecule has 1 aromatic heterocycles. The molecule has 4 heteroatoms. The smallest absolute Gasteiger partial charge is 0.259 e. The second-order valence-electron chi connectivity index (χ2n) is 5.29. The van der Waals surface area contributed by atoms with Gasteiger partial charge in [0, 0.05) is 30.2 Å².